The minimum absolute atomic E-state index is 0.0403. The van der Waals surface area contributed by atoms with Crippen LogP contribution in [-0.4, -0.2) is 25.0 Å². The Morgan fingerprint density at radius 1 is 1.04 bits per heavy atom. The summed E-state index contributed by atoms with van der Waals surface area (Å²) in [6.45, 7) is 0.115. The first kappa shape index (κ1) is 18.9. The molecule has 0 unspecified atom stereocenters. The number of guanidine groups is 1. The molecule has 23 heavy (non-hydrogen) atoms. The van der Waals surface area contributed by atoms with Crippen molar-refractivity contribution in [3.05, 3.63) is 24.3 Å². The maximum Gasteiger partial charge on any atom is 0.573 e. The lowest BCUT2D eigenvalue weighted by Crippen LogP contribution is -2.23. The molecule has 0 amide bonds. The second-order valence-electron chi connectivity index (χ2n) is 4.54. The lowest BCUT2D eigenvalue weighted by Gasteiger charge is -2.10. The SMILES string of the molecule is NC(=NCCCCC(F)(F)F)Nc1ccc(OC(F)(F)F)cc1. The Morgan fingerprint density at radius 2 is 1.65 bits per heavy atom. The molecule has 0 saturated carbocycles. The third-order valence-corrected chi connectivity index (χ3v) is 2.51. The summed E-state index contributed by atoms with van der Waals surface area (Å²) >= 11 is 0. The molecular formula is C13H15F6N3O. The van der Waals surface area contributed by atoms with E-state index in [1.807, 2.05) is 0 Å². The second kappa shape index (κ2) is 7.93. The summed E-state index contributed by atoms with van der Waals surface area (Å²) in [5.41, 5.74) is 5.89. The number of anilines is 1. The summed E-state index contributed by atoms with van der Waals surface area (Å²) in [5.74, 6) is -0.424. The average Bonchev–Trinajstić information content (AvgIpc) is 2.37. The van der Waals surface area contributed by atoms with E-state index < -0.39 is 19.0 Å². The van der Waals surface area contributed by atoms with Crippen LogP contribution in [0.1, 0.15) is 19.3 Å². The number of nitrogens with two attached hydrogens (primary N) is 1. The van der Waals surface area contributed by atoms with Crippen LogP contribution in [0.3, 0.4) is 0 Å². The quantitative estimate of drug-likeness (QED) is 0.355. The highest BCUT2D eigenvalue weighted by molar-refractivity contribution is 5.92. The molecule has 130 valence electrons. The maximum absolute atomic E-state index is 12.0. The Morgan fingerprint density at radius 3 is 2.17 bits per heavy atom. The van der Waals surface area contributed by atoms with Crippen LogP contribution in [0.15, 0.2) is 29.3 Å². The summed E-state index contributed by atoms with van der Waals surface area (Å²) < 4.78 is 75.4. The van der Waals surface area contributed by atoms with Gasteiger partial charge in [0.2, 0.25) is 0 Å². The van der Waals surface area contributed by atoms with Gasteiger partial charge in [-0.15, -0.1) is 13.2 Å². The molecule has 0 spiro atoms. The Hall–Kier alpha value is -2.13. The van der Waals surface area contributed by atoms with E-state index in [1.54, 1.807) is 0 Å². The van der Waals surface area contributed by atoms with E-state index in [9.17, 15) is 26.3 Å². The molecule has 1 aromatic carbocycles. The van der Waals surface area contributed by atoms with Gasteiger partial charge >= 0.3 is 12.5 Å². The summed E-state index contributed by atoms with van der Waals surface area (Å²) in [5, 5.41) is 2.61. The number of halogens is 6. The fourth-order valence-electron chi connectivity index (χ4n) is 1.56. The number of benzene rings is 1. The van der Waals surface area contributed by atoms with E-state index in [2.05, 4.69) is 15.0 Å². The average molecular weight is 343 g/mol. The number of hydrogen-bond acceptors (Lipinski definition) is 2. The van der Waals surface area contributed by atoms with E-state index in [4.69, 9.17) is 5.73 Å². The molecule has 0 aliphatic heterocycles. The van der Waals surface area contributed by atoms with Crippen LogP contribution in [0.25, 0.3) is 0 Å². The standard InChI is InChI=1S/C13H15F6N3O/c14-12(15,16)7-1-2-8-21-11(20)22-9-3-5-10(6-4-9)23-13(17,18)19/h3-6H,1-2,7-8H2,(H3,20,21,22). The molecule has 0 aliphatic carbocycles. The van der Waals surface area contributed by atoms with Crippen LogP contribution in [0.2, 0.25) is 0 Å². The van der Waals surface area contributed by atoms with Gasteiger partial charge in [0.05, 0.1) is 0 Å². The smallest absolute Gasteiger partial charge is 0.406 e. The van der Waals surface area contributed by atoms with Gasteiger partial charge in [0.15, 0.2) is 5.96 Å². The fourth-order valence-corrected chi connectivity index (χ4v) is 1.56. The first-order chi connectivity index (χ1) is 10.6. The molecular weight excluding hydrogens is 328 g/mol. The van der Waals surface area contributed by atoms with E-state index in [0.29, 0.717) is 5.69 Å². The predicted molar refractivity (Wildman–Crippen MR) is 73.1 cm³/mol. The Labute approximate surface area is 128 Å². The molecule has 10 heteroatoms. The van der Waals surface area contributed by atoms with E-state index >= 15 is 0 Å². The predicted octanol–water partition coefficient (Wildman–Crippen LogP) is 4.04. The minimum atomic E-state index is -4.77. The van der Waals surface area contributed by atoms with Crippen molar-refractivity contribution in [2.75, 3.05) is 11.9 Å². The van der Waals surface area contributed by atoms with Crippen LogP contribution in [0, 0.1) is 0 Å². The zero-order valence-corrected chi connectivity index (χ0v) is 11.8. The molecule has 0 radical (unpaired) electrons. The molecule has 0 atom stereocenters. The van der Waals surface area contributed by atoms with Gasteiger partial charge in [0.25, 0.3) is 0 Å². The topological polar surface area (TPSA) is 59.6 Å². The maximum atomic E-state index is 12.0. The summed E-state index contributed by atoms with van der Waals surface area (Å²) in [4.78, 5) is 3.83. The Kier molecular flexibility index (Phi) is 6.52. The third kappa shape index (κ3) is 9.48. The number of aliphatic imine (C=N–C) groups is 1. The second-order valence-corrected chi connectivity index (χ2v) is 4.54. The van der Waals surface area contributed by atoms with Gasteiger partial charge in [-0.05, 0) is 37.1 Å². The highest BCUT2D eigenvalue weighted by Gasteiger charge is 2.31. The van der Waals surface area contributed by atoms with E-state index in [-0.39, 0.29) is 31.1 Å². The molecule has 0 fully saturated rings. The van der Waals surface area contributed by atoms with Crippen molar-refractivity contribution in [1.82, 2.24) is 0 Å². The number of nitrogens with zero attached hydrogens (tertiary/aromatic N) is 1. The third-order valence-electron chi connectivity index (χ3n) is 2.51. The van der Waals surface area contributed by atoms with Crippen molar-refractivity contribution in [2.45, 2.75) is 31.8 Å². The number of alkyl halides is 6. The molecule has 0 saturated heterocycles. The van der Waals surface area contributed by atoms with Crippen molar-refractivity contribution in [1.29, 1.82) is 0 Å². The lowest BCUT2D eigenvalue weighted by atomic mass is 10.2. The van der Waals surface area contributed by atoms with E-state index in [0.717, 1.165) is 12.1 Å². The van der Waals surface area contributed by atoms with Crippen LogP contribution >= 0.6 is 0 Å². The molecule has 3 N–H and O–H groups in total. The highest BCUT2D eigenvalue weighted by atomic mass is 19.4. The first-order valence-electron chi connectivity index (χ1n) is 6.55. The summed E-state index contributed by atoms with van der Waals surface area (Å²) in [6.07, 6.45) is -9.67. The van der Waals surface area contributed by atoms with Gasteiger partial charge < -0.3 is 15.8 Å². The summed E-state index contributed by atoms with van der Waals surface area (Å²) in [6, 6.07) is 4.78. The fraction of sp³-hybridized carbons (Fsp3) is 0.462. The first-order valence-corrected chi connectivity index (χ1v) is 6.55. The van der Waals surface area contributed by atoms with Gasteiger partial charge in [-0.1, -0.05) is 0 Å². The van der Waals surface area contributed by atoms with Crippen molar-refractivity contribution in [3.8, 4) is 5.75 Å². The van der Waals surface area contributed by atoms with Crippen LogP contribution in [0.4, 0.5) is 32.0 Å². The monoisotopic (exact) mass is 343 g/mol. The number of ether oxygens (including phenoxy) is 1. The minimum Gasteiger partial charge on any atom is -0.406 e. The van der Waals surface area contributed by atoms with Gasteiger partial charge in [-0.25, -0.2) is 0 Å². The molecule has 1 aromatic rings. The van der Waals surface area contributed by atoms with Gasteiger partial charge in [-0.2, -0.15) is 13.2 Å². The largest absolute Gasteiger partial charge is 0.573 e. The number of hydrogen-bond donors (Lipinski definition) is 2. The highest BCUT2D eigenvalue weighted by Crippen LogP contribution is 2.24. The van der Waals surface area contributed by atoms with Crippen molar-refractivity contribution in [2.24, 2.45) is 10.7 Å². The number of unbranched alkanes of at least 4 members (excludes halogenated alkanes) is 1. The van der Waals surface area contributed by atoms with E-state index in [1.165, 1.54) is 12.1 Å². The molecule has 1 rings (SSSR count). The lowest BCUT2D eigenvalue weighted by molar-refractivity contribution is -0.274. The van der Waals surface area contributed by atoms with Gasteiger partial charge in [0, 0.05) is 18.7 Å². The molecule has 4 nitrogen and oxygen atoms in total. The van der Waals surface area contributed by atoms with Crippen molar-refractivity contribution < 1.29 is 31.1 Å². The van der Waals surface area contributed by atoms with Gasteiger partial charge in [-0.3, -0.25) is 4.99 Å². The number of rotatable bonds is 6. The van der Waals surface area contributed by atoms with Gasteiger partial charge in [0.1, 0.15) is 5.75 Å². The molecule has 0 heterocycles. The zero-order valence-electron chi connectivity index (χ0n) is 11.8. The Balaban J connectivity index is 2.39. The number of nitrogens with one attached hydrogen (secondary N) is 1. The summed E-state index contributed by atoms with van der Waals surface area (Å²) in [7, 11) is 0. The van der Waals surface area contributed by atoms with Crippen molar-refractivity contribution >= 4 is 11.6 Å². The van der Waals surface area contributed by atoms with Crippen molar-refractivity contribution in [3.63, 3.8) is 0 Å². The molecule has 0 aliphatic rings. The van der Waals surface area contributed by atoms with Crippen LogP contribution in [-0.2, 0) is 0 Å². The molecule has 0 bridgehead atoms. The van der Waals surface area contributed by atoms with Crippen LogP contribution < -0.4 is 15.8 Å². The zero-order chi connectivity index (χ0) is 17.5. The molecule has 0 aromatic heterocycles. The van der Waals surface area contributed by atoms with Crippen LogP contribution in [0.5, 0.6) is 5.75 Å². The normalized spacial score (nSPS) is 13.0. The Bertz CT molecular complexity index is 510.